The van der Waals surface area contributed by atoms with Gasteiger partial charge in [0.15, 0.2) is 0 Å². The molecule has 2 aliphatic rings. The predicted octanol–water partition coefficient (Wildman–Crippen LogP) is 2.46. The van der Waals surface area contributed by atoms with E-state index < -0.39 is 0 Å². The van der Waals surface area contributed by atoms with Gasteiger partial charge in [0.05, 0.1) is 29.1 Å². The van der Waals surface area contributed by atoms with Crippen LogP contribution in [0.5, 0.6) is 0 Å². The summed E-state index contributed by atoms with van der Waals surface area (Å²) in [5, 5.41) is 3.69. The maximum absolute atomic E-state index is 6.31. The number of allylic oxidation sites excluding steroid dienone is 2. The Balaban J connectivity index is 1.70. The molecule has 0 amide bonds. The van der Waals surface area contributed by atoms with E-state index >= 15 is 0 Å². The zero-order valence-electron chi connectivity index (χ0n) is 15.2. The number of nitrogens with zero attached hydrogens (tertiary/aromatic N) is 4. The van der Waals surface area contributed by atoms with E-state index in [0.717, 1.165) is 53.9 Å². The number of nitrogens with two attached hydrogens (primary N) is 2. The number of hydrogen-bond acceptors (Lipinski definition) is 6. The number of aromatic nitrogens is 2. The molecule has 1 saturated heterocycles. The van der Waals surface area contributed by atoms with E-state index in [1.165, 1.54) is 18.4 Å². The minimum atomic E-state index is 0.422. The second-order valence-corrected chi connectivity index (χ2v) is 7.50. The fourth-order valence-corrected chi connectivity index (χ4v) is 3.73. The molecule has 0 radical (unpaired) electrons. The monoisotopic (exact) mass is 350 g/mol. The molecule has 1 aliphatic heterocycles. The lowest BCUT2D eigenvalue weighted by Crippen LogP contribution is -2.29. The minimum Gasteiger partial charge on any atom is -0.401 e. The molecule has 0 unspecified atom stereocenters. The number of benzene rings is 1. The normalized spacial score (nSPS) is 20.7. The lowest BCUT2D eigenvalue weighted by Gasteiger charge is -2.29. The first-order valence-corrected chi connectivity index (χ1v) is 9.34. The van der Waals surface area contributed by atoms with Crippen molar-refractivity contribution in [2.45, 2.75) is 31.6 Å². The van der Waals surface area contributed by atoms with E-state index in [1.807, 2.05) is 0 Å². The van der Waals surface area contributed by atoms with Gasteiger partial charge in [0.1, 0.15) is 0 Å². The van der Waals surface area contributed by atoms with Gasteiger partial charge in [-0.25, -0.2) is 4.98 Å². The smallest absolute Gasteiger partial charge is 0.0926 e. The van der Waals surface area contributed by atoms with E-state index in [-0.39, 0.29) is 0 Å². The van der Waals surface area contributed by atoms with Crippen LogP contribution in [-0.2, 0) is 0 Å². The van der Waals surface area contributed by atoms with Crippen LogP contribution in [0, 0.1) is 5.92 Å². The van der Waals surface area contributed by atoms with Crippen molar-refractivity contribution in [1.82, 2.24) is 14.9 Å². The van der Waals surface area contributed by atoms with Gasteiger partial charge >= 0.3 is 0 Å². The number of likely N-dealkylation sites (tertiary alicyclic amines) is 1. The van der Waals surface area contributed by atoms with Crippen molar-refractivity contribution in [3.63, 3.8) is 0 Å². The third-order valence-corrected chi connectivity index (χ3v) is 5.56. The summed E-state index contributed by atoms with van der Waals surface area (Å²) in [5.41, 5.74) is 11.8. The molecule has 2 fully saturated rings. The summed E-state index contributed by atoms with van der Waals surface area (Å²) in [5.74, 6) is 6.42. The van der Waals surface area contributed by atoms with Crippen LogP contribution in [0.15, 0.2) is 35.2 Å². The lowest BCUT2D eigenvalue weighted by atomic mass is 9.89. The van der Waals surface area contributed by atoms with Crippen molar-refractivity contribution in [2.24, 2.45) is 22.6 Å². The standard InChI is InChI=1S/C20H26N6/c1-26-8-6-13(7-9-26)15-4-5-17-18(10-15)25-19(12-23-17)16(11-24-22)20(21)14-2-3-14/h4-5,10-14H,2-3,6-9,21-22H2,1H3. The molecule has 2 aromatic rings. The summed E-state index contributed by atoms with van der Waals surface area (Å²) in [6.45, 7) is 2.29. The molecule has 136 valence electrons. The molecule has 1 aromatic heterocycles. The van der Waals surface area contributed by atoms with E-state index in [2.05, 4.69) is 40.2 Å². The summed E-state index contributed by atoms with van der Waals surface area (Å²) < 4.78 is 0. The fourth-order valence-electron chi connectivity index (χ4n) is 3.73. The molecular weight excluding hydrogens is 324 g/mol. The van der Waals surface area contributed by atoms with E-state index in [4.69, 9.17) is 16.6 Å². The number of fused-ring (bicyclic) bond motifs is 1. The Morgan fingerprint density at radius 2 is 1.96 bits per heavy atom. The topological polar surface area (TPSA) is 93.4 Å². The van der Waals surface area contributed by atoms with Gasteiger partial charge in [0, 0.05) is 11.3 Å². The predicted molar refractivity (Wildman–Crippen MR) is 106 cm³/mol. The Labute approximate surface area is 154 Å². The van der Waals surface area contributed by atoms with Gasteiger partial charge in [-0.2, -0.15) is 5.10 Å². The van der Waals surface area contributed by atoms with Crippen LogP contribution in [0.3, 0.4) is 0 Å². The summed E-state index contributed by atoms with van der Waals surface area (Å²) in [4.78, 5) is 11.8. The van der Waals surface area contributed by atoms with E-state index in [0.29, 0.717) is 11.8 Å². The largest absolute Gasteiger partial charge is 0.401 e. The van der Waals surface area contributed by atoms with Gasteiger partial charge in [-0.15, -0.1) is 0 Å². The molecule has 26 heavy (non-hydrogen) atoms. The van der Waals surface area contributed by atoms with Crippen molar-refractivity contribution in [3.8, 4) is 0 Å². The zero-order chi connectivity index (χ0) is 18.1. The van der Waals surface area contributed by atoms with Crippen molar-refractivity contribution in [1.29, 1.82) is 0 Å². The zero-order valence-corrected chi connectivity index (χ0v) is 15.2. The molecule has 1 aromatic carbocycles. The lowest BCUT2D eigenvalue weighted by molar-refractivity contribution is 0.255. The quantitative estimate of drug-likeness (QED) is 0.502. The first-order valence-electron chi connectivity index (χ1n) is 9.34. The van der Waals surface area contributed by atoms with Crippen molar-refractivity contribution >= 4 is 22.8 Å². The Morgan fingerprint density at radius 3 is 2.65 bits per heavy atom. The maximum Gasteiger partial charge on any atom is 0.0926 e. The average Bonchev–Trinajstić information content (AvgIpc) is 3.50. The van der Waals surface area contributed by atoms with Crippen LogP contribution in [-0.4, -0.2) is 41.2 Å². The highest BCUT2D eigenvalue weighted by Crippen LogP contribution is 2.37. The highest BCUT2D eigenvalue weighted by molar-refractivity contribution is 6.10. The van der Waals surface area contributed by atoms with Crippen molar-refractivity contribution in [2.75, 3.05) is 20.1 Å². The molecule has 1 aliphatic carbocycles. The summed E-state index contributed by atoms with van der Waals surface area (Å²) in [7, 11) is 2.19. The Morgan fingerprint density at radius 1 is 1.19 bits per heavy atom. The van der Waals surface area contributed by atoms with Crippen molar-refractivity contribution < 1.29 is 0 Å². The van der Waals surface area contributed by atoms with Gasteiger partial charge < -0.3 is 16.5 Å². The van der Waals surface area contributed by atoms with Gasteiger partial charge in [-0.3, -0.25) is 4.98 Å². The van der Waals surface area contributed by atoms with Crippen molar-refractivity contribution in [3.05, 3.63) is 41.4 Å². The Hall–Kier alpha value is -2.47. The molecule has 0 spiro atoms. The average molecular weight is 350 g/mol. The van der Waals surface area contributed by atoms with E-state index in [9.17, 15) is 0 Å². The Kier molecular flexibility index (Phi) is 4.59. The summed E-state index contributed by atoms with van der Waals surface area (Å²) in [6, 6.07) is 6.46. The van der Waals surface area contributed by atoms with Gasteiger partial charge in [0.2, 0.25) is 0 Å². The highest BCUT2D eigenvalue weighted by atomic mass is 15.1. The van der Waals surface area contributed by atoms with Crippen LogP contribution in [0.2, 0.25) is 0 Å². The van der Waals surface area contributed by atoms with Gasteiger partial charge in [-0.05, 0) is 75.4 Å². The van der Waals surface area contributed by atoms with E-state index in [1.54, 1.807) is 12.4 Å². The summed E-state index contributed by atoms with van der Waals surface area (Å²) >= 11 is 0. The number of hydrogen-bond donors (Lipinski definition) is 2. The first-order chi connectivity index (χ1) is 12.7. The van der Waals surface area contributed by atoms with Gasteiger partial charge in [0.25, 0.3) is 0 Å². The number of rotatable bonds is 4. The maximum atomic E-state index is 6.31. The third kappa shape index (κ3) is 3.42. The minimum absolute atomic E-state index is 0.422. The first kappa shape index (κ1) is 17.0. The van der Waals surface area contributed by atoms with Crippen LogP contribution >= 0.6 is 0 Å². The van der Waals surface area contributed by atoms with Gasteiger partial charge in [-0.1, -0.05) is 6.07 Å². The van der Waals surface area contributed by atoms with Crippen LogP contribution < -0.4 is 11.6 Å². The summed E-state index contributed by atoms with van der Waals surface area (Å²) in [6.07, 6.45) is 7.99. The molecule has 4 N–H and O–H groups in total. The highest BCUT2D eigenvalue weighted by Gasteiger charge is 2.27. The number of hydrazone groups is 1. The van der Waals surface area contributed by atoms with Crippen LogP contribution in [0.25, 0.3) is 16.6 Å². The molecule has 2 heterocycles. The SMILES string of the molecule is CN1CCC(c2ccc3ncc(C(C=NN)=C(N)C4CC4)nc3c2)CC1. The molecule has 6 nitrogen and oxygen atoms in total. The fraction of sp³-hybridized carbons (Fsp3) is 0.450. The molecule has 6 heteroatoms. The number of piperidine rings is 1. The van der Waals surface area contributed by atoms with Crippen LogP contribution in [0.1, 0.15) is 42.9 Å². The molecule has 0 atom stereocenters. The third-order valence-electron chi connectivity index (χ3n) is 5.56. The Bertz CT molecular complexity index is 860. The molecule has 0 bridgehead atoms. The molecular formula is C20H26N6. The molecule has 4 rings (SSSR count). The second kappa shape index (κ2) is 7.03. The van der Waals surface area contributed by atoms with Crippen LogP contribution in [0.4, 0.5) is 0 Å². The molecule has 1 saturated carbocycles. The second-order valence-electron chi connectivity index (χ2n) is 7.50.